The first-order valence-electron chi connectivity index (χ1n) is 7.78. The lowest BCUT2D eigenvalue weighted by Gasteiger charge is -2.37. The van der Waals surface area contributed by atoms with Crippen LogP contribution in [0.1, 0.15) is 41.5 Å². The Hall–Kier alpha value is -0.660. The van der Waals surface area contributed by atoms with Crippen LogP contribution in [0.25, 0.3) is 0 Å². The van der Waals surface area contributed by atoms with Gasteiger partial charge in [-0.1, -0.05) is 12.2 Å². The van der Waals surface area contributed by atoms with E-state index in [4.69, 9.17) is 4.74 Å². The van der Waals surface area contributed by atoms with Crippen LogP contribution in [0.4, 0.5) is 0 Å². The molecule has 2 unspecified atom stereocenters. The zero-order valence-electron chi connectivity index (χ0n) is 14.3. The lowest BCUT2D eigenvalue weighted by Crippen LogP contribution is -2.44. The monoisotopic (exact) mass is 360 g/mol. The summed E-state index contributed by atoms with van der Waals surface area (Å²) in [7, 11) is -7.52. The molecule has 0 N–H and O–H groups in total. The van der Waals surface area contributed by atoms with Crippen molar-refractivity contribution in [1.29, 1.82) is 0 Å². The molecule has 4 aliphatic rings. The molecule has 7 heteroatoms. The van der Waals surface area contributed by atoms with Gasteiger partial charge < -0.3 is 4.74 Å². The first-order valence-corrected chi connectivity index (χ1v) is 10.7. The molecule has 1 fully saturated rings. The summed E-state index contributed by atoms with van der Waals surface area (Å²) in [5.74, 6) is -0.970. The highest BCUT2D eigenvalue weighted by molar-refractivity contribution is 8.00. The predicted octanol–water partition coefficient (Wildman–Crippen LogP) is 2.21. The molecule has 23 heavy (non-hydrogen) atoms. The van der Waals surface area contributed by atoms with Crippen molar-refractivity contribution >= 4 is 19.7 Å². The highest BCUT2D eigenvalue weighted by Gasteiger charge is 2.63. The molecule has 4 rings (SSSR count). The van der Waals surface area contributed by atoms with Crippen LogP contribution >= 0.6 is 0 Å². The Morgan fingerprint density at radius 1 is 0.739 bits per heavy atom. The summed E-state index contributed by atoms with van der Waals surface area (Å²) in [6, 6.07) is 0. The van der Waals surface area contributed by atoms with Crippen molar-refractivity contribution in [3.8, 4) is 0 Å². The quantitative estimate of drug-likeness (QED) is 0.557. The minimum absolute atomic E-state index is 0.0613. The second-order valence-electron chi connectivity index (χ2n) is 8.46. The lowest BCUT2D eigenvalue weighted by molar-refractivity contribution is 0.353. The van der Waals surface area contributed by atoms with Crippen molar-refractivity contribution < 1.29 is 21.6 Å². The Morgan fingerprint density at radius 3 is 1.30 bits per heavy atom. The third-order valence-corrected chi connectivity index (χ3v) is 10.3. The summed E-state index contributed by atoms with van der Waals surface area (Å²) in [5.41, 5.74) is 0. The van der Waals surface area contributed by atoms with E-state index in [1.807, 2.05) is 0 Å². The standard InChI is InChI=1S/C16H24O5S2/c1-15(2,3)22(17,18)13-9-7-8-10(12-11(9)21-12)14(13)23(19,20)16(4,5)6/h7-12H,1-6H3/t9?,10?,11-,12+. The van der Waals surface area contributed by atoms with Gasteiger partial charge >= 0.3 is 0 Å². The van der Waals surface area contributed by atoms with E-state index in [-0.39, 0.29) is 22.0 Å². The Balaban J connectivity index is 2.33. The van der Waals surface area contributed by atoms with E-state index in [1.54, 1.807) is 53.7 Å². The van der Waals surface area contributed by atoms with Crippen LogP contribution in [0, 0.1) is 11.8 Å². The van der Waals surface area contributed by atoms with Gasteiger partial charge in [0.15, 0.2) is 19.7 Å². The molecule has 2 bridgehead atoms. The topological polar surface area (TPSA) is 80.8 Å². The summed E-state index contributed by atoms with van der Waals surface area (Å²) >= 11 is 0. The molecule has 0 aromatic rings. The highest BCUT2D eigenvalue weighted by Crippen LogP contribution is 2.57. The van der Waals surface area contributed by atoms with E-state index < -0.39 is 41.0 Å². The molecule has 130 valence electrons. The fraction of sp³-hybridized carbons (Fsp3) is 0.750. The summed E-state index contributed by atoms with van der Waals surface area (Å²) < 4.78 is 56.0. The molecule has 0 amide bonds. The van der Waals surface area contributed by atoms with Gasteiger partial charge in [-0.3, -0.25) is 0 Å². The van der Waals surface area contributed by atoms with Gasteiger partial charge in [0.1, 0.15) is 0 Å². The van der Waals surface area contributed by atoms with Crippen molar-refractivity contribution in [2.24, 2.45) is 11.8 Å². The molecule has 0 radical (unpaired) electrons. The number of hydrogen-bond acceptors (Lipinski definition) is 5. The third kappa shape index (κ3) is 2.19. The van der Waals surface area contributed by atoms with Crippen molar-refractivity contribution in [3.05, 3.63) is 22.0 Å². The summed E-state index contributed by atoms with van der Waals surface area (Å²) in [6.45, 7) is 9.63. The summed E-state index contributed by atoms with van der Waals surface area (Å²) in [4.78, 5) is 0.123. The molecule has 4 atom stereocenters. The Bertz CT molecular complexity index is 749. The van der Waals surface area contributed by atoms with Crippen molar-refractivity contribution in [2.45, 2.75) is 63.2 Å². The molecular weight excluding hydrogens is 336 g/mol. The Morgan fingerprint density at radius 2 is 1.04 bits per heavy atom. The van der Waals surface area contributed by atoms with Gasteiger partial charge in [-0.15, -0.1) is 0 Å². The van der Waals surface area contributed by atoms with E-state index in [1.165, 1.54) is 0 Å². The second-order valence-corrected chi connectivity index (χ2v) is 13.8. The number of ether oxygens (including phenoxy) is 1. The zero-order chi connectivity index (χ0) is 17.6. The Kier molecular flexibility index (Phi) is 3.35. The number of sulfone groups is 2. The van der Waals surface area contributed by atoms with E-state index in [2.05, 4.69) is 0 Å². The van der Waals surface area contributed by atoms with Gasteiger partial charge in [-0.2, -0.15) is 0 Å². The molecule has 1 aliphatic heterocycles. The molecule has 1 heterocycles. The maximum atomic E-state index is 13.1. The predicted molar refractivity (Wildman–Crippen MR) is 89.2 cm³/mol. The molecule has 0 saturated carbocycles. The summed E-state index contributed by atoms with van der Waals surface area (Å²) in [6.07, 6.45) is 3.21. The first-order chi connectivity index (χ1) is 10.2. The molecule has 1 saturated heterocycles. The van der Waals surface area contributed by atoms with Gasteiger partial charge in [-0.25, -0.2) is 16.8 Å². The average Bonchev–Trinajstić information content (AvgIpc) is 3.16. The average molecular weight is 360 g/mol. The van der Waals surface area contributed by atoms with Gasteiger partial charge in [0.05, 0.1) is 31.5 Å². The highest BCUT2D eigenvalue weighted by atomic mass is 32.2. The third-order valence-electron chi connectivity index (χ3n) is 4.83. The van der Waals surface area contributed by atoms with E-state index in [0.717, 1.165) is 0 Å². The molecule has 0 spiro atoms. The number of epoxide rings is 1. The van der Waals surface area contributed by atoms with Crippen molar-refractivity contribution in [2.75, 3.05) is 0 Å². The van der Waals surface area contributed by atoms with Crippen LogP contribution in [0.3, 0.4) is 0 Å². The zero-order valence-corrected chi connectivity index (χ0v) is 16.0. The largest absolute Gasteiger partial charge is 0.368 e. The fourth-order valence-corrected chi connectivity index (χ4v) is 7.18. The normalized spacial score (nSPS) is 33.8. The van der Waals surface area contributed by atoms with Gasteiger partial charge in [0.25, 0.3) is 0 Å². The smallest absolute Gasteiger partial charge is 0.181 e. The van der Waals surface area contributed by atoms with Crippen LogP contribution in [-0.2, 0) is 24.4 Å². The van der Waals surface area contributed by atoms with Crippen LogP contribution in [0.5, 0.6) is 0 Å². The Labute approximate surface area is 138 Å². The van der Waals surface area contributed by atoms with Crippen LogP contribution in [0.15, 0.2) is 22.0 Å². The van der Waals surface area contributed by atoms with Gasteiger partial charge in [0, 0.05) is 11.8 Å². The van der Waals surface area contributed by atoms with E-state index in [9.17, 15) is 16.8 Å². The molecular formula is C16H24O5S2. The first kappa shape index (κ1) is 17.2. The van der Waals surface area contributed by atoms with Gasteiger partial charge in [0.2, 0.25) is 0 Å². The molecule has 3 aliphatic carbocycles. The maximum absolute atomic E-state index is 13.1. The van der Waals surface area contributed by atoms with Crippen LogP contribution in [0.2, 0.25) is 0 Å². The molecule has 5 nitrogen and oxygen atoms in total. The SMILES string of the molecule is CC(C)(C)S(=O)(=O)C1=C(S(=O)(=O)C(C)(C)C)C2C=CC1[C@H]1O[C@@H]21. The minimum Gasteiger partial charge on any atom is -0.368 e. The van der Waals surface area contributed by atoms with E-state index >= 15 is 0 Å². The van der Waals surface area contributed by atoms with Crippen molar-refractivity contribution in [1.82, 2.24) is 0 Å². The second kappa shape index (κ2) is 4.49. The number of hydrogen-bond donors (Lipinski definition) is 0. The fourth-order valence-electron chi connectivity index (χ4n) is 3.26. The number of rotatable bonds is 2. The van der Waals surface area contributed by atoms with Crippen LogP contribution < -0.4 is 0 Å². The van der Waals surface area contributed by atoms with Crippen LogP contribution in [-0.4, -0.2) is 38.5 Å². The molecule has 0 aromatic heterocycles. The van der Waals surface area contributed by atoms with Gasteiger partial charge in [-0.05, 0) is 41.5 Å². The lowest BCUT2D eigenvalue weighted by atomic mass is 9.81. The molecule has 0 aromatic carbocycles. The van der Waals surface area contributed by atoms with E-state index in [0.29, 0.717) is 0 Å². The minimum atomic E-state index is -3.76. The van der Waals surface area contributed by atoms with Crippen molar-refractivity contribution in [3.63, 3.8) is 0 Å². The summed E-state index contributed by atoms with van der Waals surface area (Å²) in [5, 5.41) is 0. The maximum Gasteiger partial charge on any atom is 0.181 e.